The Morgan fingerprint density at radius 3 is 2.04 bits per heavy atom. The molecule has 0 unspecified atom stereocenters. The van der Waals surface area contributed by atoms with Crippen LogP contribution in [0.25, 0.3) is 33.2 Å². The van der Waals surface area contributed by atoms with Crippen molar-refractivity contribution < 1.29 is 26.2 Å². The molecule has 0 saturated carbocycles. The minimum Gasteiger partial charge on any atom is -0.506 e. The number of pyridine rings is 2. The molecule has 0 saturated heterocycles. The van der Waals surface area contributed by atoms with Crippen LogP contribution in [0.15, 0.2) is 72.1 Å². The largest absolute Gasteiger partial charge is 2.00 e. The summed E-state index contributed by atoms with van der Waals surface area (Å²) in [7, 11) is 0. The van der Waals surface area contributed by atoms with Crippen LogP contribution >= 0.6 is 11.3 Å². The maximum Gasteiger partial charge on any atom is 2.00 e. The van der Waals surface area contributed by atoms with Gasteiger partial charge in [0, 0.05) is 0 Å². The predicted octanol–water partition coefficient (Wildman–Crippen LogP) is 5.49. The van der Waals surface area contributed by atoms with E-state index in [1.165, 1.54) is 11.3 Å². The molecule has 3 aromatic heterocycles. The van der Waals surface area contributed by atoms with Crippen molar-refractivity contribution in [1.82, 2.24) is 9.97 Å². The zero-order valence-corrected chi connectivity index (χ0v) is 17.1. The molecule has 1 aromatic carbocycles. The van der Waals surface area contributed by atoms with E-state index in [1.54, 1.807) is 6.07 Å². The zero-order valence-electron chi connectivity index (χ0n) is 14.0. The molecule has 0 spiro atoms. The molecule has 4 aromatic rings. The van der Waals surface area contributed by atoms with Gasteiger partial charge in [0.05, 0.1) is 22.0 Å². The Bertz CT molecular complexity index is 986. The van der Waals surface area contributed by atoms with Crippen molar-refractivity contribution in [2.45, 2.75) is 0 Å². The molecule has 0 bridgehead atoms. The first-order valence-electron chi connectivity index (χ1n) is 7.50. The molecule has 0 radical (unpaired) electrons. The number of aromatic hydroxyl groups is 1. The molecular weight excluding hydrogens is 523 g/mol. The van der Waals surface area contributed by atoms with Crippen molar-refractivity contribution in [2.75, 3.05) is 0 Å². The topological polar surface area (TPSA) is 46.0 Å². The van der Waals surface area contributed by atoms with Crippen molar-refractivity contribution in [2.24, 2.45) is 0 Å². The summed E-state index contributed by atoms with van der Waals surface area (Å²) in [6.45, 7) is 0. The zero-order chi connectivity index (χ0) is 16.4. The summed E-state index contributed by atoms with van der Waals surface area (Å²) in [5, 5.41) is 11.8. The van der Waals surface area contributed by atoms with Gasteiger partial charge in [-0.2, -0.15) is 0 Å². The fraction of sp³-hybridized carbons (Fsp3) is 0. The molecular formula is C21H16N2OPtS. The minimum absolute atomic E-state index is 0. The van der Waals surface area contributed by atoms with Crippen LogP contribution in [-0.4, -0.2) is 15.1 Å². The standard InChI is InChI=1S/C20H13N2OS.CH3.Pt/c23-19-12-13-24-20(19)18-11-5-10-17(22-18)16-9-4-8-15(21-16)14-6-2-1-3-7-14;;/h1-6,8-13,23H;1H3;/q2*-1;+2. The molecule has 1 N–H and O–H groups in total. The first kappa shape index (κ1) is 20.0. The number of thiophene rings is 1. The van der Waals surface area contributed by atoms with Gasteiger partial charge >= 0.3 is 21.1 Å². The number of benzene rings is 1. The summed E-state index contributed by atoms with van der Waals surface area (Å²) in [5.74, 6) is 0.255. The average molecular weight is 540 g/mol. The van der Waals surface area contributed by atoms with Crippen molar-refractivity contribution in [1.29, 1.82) is 0 Å². The third-order valence-corrected chi connectivity index (χ3v) is 4.55. The average Bonchev–Trinajstić information content (AvgIpc) is 3.09. The number of aromatic nitrogens is 2. The molecule has 3 nitrogen and oxygen atoms in total. The van der Waals surface area contributed by atoms with E-state index >= 15 is 0 Å². The summed E-state index contributed by atoms with van der Waals surface area (Å²) in [5.41, 5.74) is 4.13. The second-order valence-corrected chi connectivity index (χ2v) is 6.14. The van der Waals surface area contributed by atoms with Crippen molar-refractivity contribution in [3.63, 3.8) is 0 Å². The van der Waals surface area contributed by atoms with Gasteiger partial charge in [-0.1, -0.05) is 18.2 Å². The van der Waals surface area contributed by atoms with Gasteiger partial charge in [-0.25, -0.2) is 4.98 Å². The van der Waals surface area contributed by atoms with Crippen LogP contribution in [-0.2, 0) is 21.1 Å². The Labute approximate surface area is 171 Å². The first-order chi connectivity index (χ1) is 11.8. The van der Waals surface area contributed by atoms with Gasteiger partial charge in [-0.3, -0.25) is 4.98 Å². The normalized spacial score (nSPS) is 9.85. The Kier molecular flexibility index (Phi) is 6.84. The van der Waals surface area contributed by atoms with E-state index in [9.17, 15) is 5.11 Å². The maximum absolute atomic E-state index is 9.91. The Balaban J connectivity index is 0.00000121. The molecule has 0 aliphatic heterocycles. The third kappa shape index (κ3) is 4.09. The third-order valence-electron chi connectivity index (χ3n) is 3.62. The van der Waals surface area contributed by atoms with Crippen LogP contribution in [0.3, 0.4) is 0 Å². The number of nitrogens with zero attached hydrogens (tertiary/aromatic N) is 2. The van der Waals surface area contributed by atoms with E-state index in [0.29, 0.717) is 0 Å². The first-order valence-corrected chi connectivity index (χ1v) is 8.37. The van der Waals surface area contributed by atoms with Gasteiger partial charge in [0.15, 0.2) is 0 Å². The van der Waals surface area contributed by atoms with Gasteiger partial charge < -0.3 is 12.5 Å². The van der Waals surface area contributed by atoms with Crippen molar-refractivity contribution >= 4 is 11.3 Å². The van der Waals surface area contributed by atoms with Gasteiger partial charge in [0.2, 0.25) is 0 Å². The smallest absolute Gasteiger partial charge is 0.506 e. The number of rotatable bonds is 3. The molecule has 4 rings (SSSR count). The number of hydrogen-bond donors (Lipinski definition) is 1. The summed E-state index contributed by atoms with van der Waals surface area (Å²) in [6.07, 6.45) is 0. The Hall–Kier alpha value is -2.29. The van der Waals surface area contributed by atoms with Gasteiger partial charge in [0.25, 0.3) is 0 Å². The molecule has 0 fully saturated rings. The summed E-state index contributed by atoms with van der Waals surface area (Å²) in [6, 6.07) is 24.3. The monoisotopic (exact) mass is 539 g/mol. The van der Waals surface area contributed by atoms with E-state index in [4.69, 9.17) is 4.98 Å². The van der Waals surface area contributed by atoms with Crippen LogP contribution < -0.4 is 0 Å². The van der Waals surface area contributed by atoms with Gasteiger partial charge in [-0.15, -0.1) is 47.2 Å². The molecule has 26 heavy (non-hydrogen) atoms. The fourth-order valence-electron chi connectivity index (χ4n) is 2.48. The molecule has 132 valence electrons. The van der Waals surface area contributed by atoms with Crippen LogP contribution in [0.5, 0.6) is 5.75 Å². The quantitative estimate of drug-likeness (QED) is 0.350. The molecule has 3 heterocycles. The van der Waals surface area contributed by atoms with Crippen LogP contribution in [0.2, 0.25) is 0 Å². The van der Waals surface area contributed by atoms with E-state index in [2.05, 4.69) is 11.1 Å². The Morgan fingerprint density at radius 2 is 1.42 bits per heavy atom. The van der Waals surface area contributed by atoms with Crippen molar-refractivity contribution in [3.05, 3.63) is 85.6 Å². The SMILES string of the molecule is Oc1ccsc1-c1cccc(-c2cccc(-c3[c-]cccc3)n2)n1.[CH3-].[Pt+2]. The second kappa shape index (κ2) is 8.88. The number of hydrogen-bond acceptors (Lipinski definition) is 4. The van der Waals surface area contributed by atoms with E-state index in [-0.39, 0.29) is 34.2 Å². The predicted molar refractivity (Wildman–Crippen MR) is 103 cm³/mol. The molecule has 5 heteroatoms. The van der Waals surface area contributed by atoms with E-state index < -0.39 is 0 Å². The van der Waals surface area contributed by atoms with Crippen LogP contribution in [0, 0.1) is 13.5 Å². The molecule has 0 aliphatic carbocycles. The minimum atomic E-state index is 0. The van der Waals surface area contributed by atoms with Gasteiger partial charge in [0.1, 0.15) is 5.75 Å². The molecule has 0 amide bonds. The molecule has 0 atom stereocenters. The maximum atomic E-state index is 9.91. The second-order valence-electron chi connectivity index (χ2n) is 5.23. The summed E-state index contributed by atoms with van der Waals surface area (Å²) >= 11 is 1.47. The van der Waals surface area contributed by atoms with Crippen LogP contribution in [0.1, 0.15) is 0 Å². The van der Waals surface area contributed by atoms with E-state index in [1.807, 2.05) is 66.0 Å². The Morgan fingerprint density at radius 1 is 0.769 bits per heavy atom. The summed E-state index contributed by atoms with van der Waals surface area (Å²) < 4.78 is 0. The van der Waals surface area contributed by atoms with Crippen molar-refractivity contribution in [3.8, 4) is 39.0 Å². The molecule has 0 aliphatic rings. The summed E-state index contributed by atoms with van der Waals surface area (Å²) in [4.78, 5) is 10.1. The van der Waals surface area contributed by atoms with E-state index in [0.717, 1.165) is 33.2 Å². The van der Waals surface area contributed by atoms with Crippen LogP contribution in [0.4, 0.5) is 0 Å². The fourth-order valence-corrected chi connectivity index (χ4v) is 3.23. The van der Waals surface area contributed by atoms with Gasteiger partial charge in [-0.05, 0) is 35.3 Å².